The fourth-order valence-electron chi connectivity index (χ4n) is 8.76. The SMILES string of the molecule is Cc1cc2c(cc1Cl)C1(CCN(C(=O)[C@@H]3CN(C(C)(C)C)C[C@H]3c3ccc(F)cc3F)CC1)C[C@@H]2C(C)(C)C(=O)N1CCCC1. The summed E-state index contributed by atoms with van der Waals surface area (Å²) < 4.78 is 28.9. The summed E-state index contributed by atoms with van der Waals surface area (Å²) in [6.07, 6.45) is 4.58. The number of hydrogen-bond acceptors (Lipinski definition) is 3. The molecule has 0 unspecified atom stereocenters. The molecule has 3 aliphatic heterocycles. The Morgan fingerprint density at radius 3 is 2.18 bits per heavy atom. The highest BCUT2D eigenvalue weighted by molar-refractivity contribution is 6.31. The standard InChI is InChI=1S/C37H48ClF2N3O2/c1-23-17-26-29(19-31(23)38)37(20-30(26)36(5,6)34(45)42-13-7-8-14-42)11-15-41(16-12-37)33(44)28-22-43(35(2,3)4)21-27(28)25-10-9-24(39)18-32(25)40/h9-10,17-19,27-28,30H,7-8,11-16,20-22H2,1-6H3/t27-,28+,30-/m0/s1. The molecular formula is C37H48ClF2N3O2. The van der Waals surface area contributed by atoms with Crippen LogP contribution in [0.4, 0.5) is 8.78 Å². The van der Waals surface area contributed by atoms with Crippen LogP contribution in [0.5, 0.6) is 0 Å². The van der Waals surface area contributed by atoms with E-state index >= 15 is 4.39 Å². The Bertz CT molecular complexity index is 1490. The van der Waals surface area contributed by atoms with E-state index in [0.29, 0.717) is 31.7 Å². The number of fused-ring (bicyclic) bond motifs is 2. The van der Waals surface area contributed by atoms with E-state index in [-0.39, 0.29) is 34.6 Å². The van der Waals surface area contributed by atoms with Crippen LogP contribution in [0, 0.1) is 29.9 Å². The average molecular weight is 640 g/mol. The molecule has 3 heterocycles. The predicted octanol–water partition coefficient (Wildman–Crippen LogP) is 7.44. The highest BCUT2D eigenvalue weighted by Gasteiger charge is 2.54. The van der Waals surface area contributed by atoms with Gasteiger partial charge in [0.25, 0.3) is 0 Å². The largest absolute Gasteiger partial charge is 0.342 e. The summed E-state index contributed by atoms with van der Waals surface area (Å²) >= 11 is 6.74. The van der Waals surface area contributed by atoms with Gasteiger partial charge in [-0.25, -0.2) is 8.78 Å². The first-order valence-corrected chi connectivity index (χ1v) is 17.1. The smallest absolute Gasteiger partial charge is 0.228 e. The molecule has 0 aromatic heterocycles. The maximum atomic E-state index is 15.1. The Labute approximate surface area is 272 Å². The summed E-state index contributed by atoms with van der Waals surface area (Å²) in [4.78, 5) is 34.4. The number of rotatable bonds is 4. The lowest BCUT2D eigenvalue weighted by Gasteiger charge is -2.42. The van der Waals surface area contributed by atoms with E-state index in [2.05, 4.69) is 51.7 Å². The number of halogens is 3. The molecule has 4 aliphatic rings. The van der Waals surface area contributed by atoms with Gasteiger partial charge in [-0.3, -0.25) is 14.5 Å². The molecule has 244 valence electrons. The summed E-state index contributed by atoms with van der Waals surface area (Å²) in [7, 11) is 0. The number of benzene rings is 2. The molecule has 3 fully saturated rings. The molecule has 45 heavy (non-hydrogen) atoms. The van der Waals surface area contributed by atoms with E-state index in [1.54, 1.807) is 0 Å². The second-order valence-electron chi connectivity index (χ2n) is 15.7. The van der Waals surface area contributed by atoms with E-state index in [4.69, 9.17) is 11.6 Å². The normalized spacial score (nSPS) is 25.3. The Balaban J connectivity index is 1.25. The van der Waals surface area contributed by atoms with Crippen molar-refractivity contribution in [3.05, 3.63) is 69.2 Å². The number of carbonyl (C=O) groups excluding carboxylic acids is 2. The molecule has 0 saturated carbocycles. The monoisotopic (exact) mass is 639 g/mol. The van der Waals surface area contributed by atoms with Gasteiger partial charge < -0.3 is 9.80 Å². The number of hydrogen-bond donors (Lipinski definition) is 0. The molecule has 2 aromatic carbocycles. The number of nitrogens with zero attached hydrogens (tertiary/aromatic N) is 3. The van der Waals surface area contributed by atoms with Crippen LogP contribution in [-0.2, 0) is 15.0 Å². The molecule has 2 aromatic rings. The van der Waals surface area contributed by atoms with Gasteiger partial charge in [0.1, 0.15) is 11.6 Å². The minimum absolute atomic E-state index is 0.0478. The number of amides is 2. The van der Waals surface area contributed by atoms with Crippen molar-refractivity contribution in [2.75, 3.05) is 39.3 Å². The minimum Gasteiger partial charge on any atom is -0.342 e. The van der Waals surface area contributed by atoms with Crippen molar-refractivity contribution in [3.8, 4) is 0 Å². The van der Waals surface area contributed by atoms with Crippen molar-refractivity contribution >= 4 is 23.4 Å². The molecule has 1 spiro atoms. The zero-order valence-corrected chi connectivity index (χ0v) is 28.4. The zero-order valence-electron chi connectivity index (χ0n) is 27.7. The van der Waals surface area contributed by atoms with E-state index in [9.17, 15) is 14.0 Å². The second-order valence-corrected chi connectivity index (χ2v) is 16.1. The molecule has 0 N–H and O–H groups in total. The van der Waals surface area contributed by atoms with Crippen LogP contribution in [-0.4, -0.2) is 71.3 Å². The highest BCUT2D eigenvalue weighted by Crippen LogP contribution is 2.58. The Kier molecular flexibility index (Phi) is 8.38. The van der Waals surface area contributed by atoms with E-state index < -0.39 is 23.0 Å². The molecule has 3 saturated heterocycles. The predicted molar refractivity (Wildman–Crippen MR) is 175 cm³/mol. The lowest BCUT2D eigenvalue weighted by atomic mass is 9.69. The lowest BCUT2D eigenvalue weighted by Crippen LogP contribution is -2.48. The first-order valence-electron chi connectivity index (χ1n) is 16.7. The van der Waals surface area contributed by atoms with Gasteiger partial charge in [-0.05, 0) is 106 Å². The first kappa shape index (κ1) is 32.4. The van der Waals surface area contributed by atoms with Crippen LogP contribution in [0.25, 0.3) is 0 Å². The van der Waals surface area contributed by atoms with Crippen molar-refractivity contribution in [2.45, 2.75) is 96.4 Å². The van der Waals surface area contributed by atoms with Crippen molar-refractivity contribution in [1.82, 2.24) is 14.7 Å². The van der Waals surface area contributed by atoms with Gasteiger partial charge in [0.2, 0.25) is 11.8 Å². The fraction of sp³-hybridized carbons (Fsp3) is 0.622. The van der Waals surface area contributed by atoms with Crippen LogP contribution < -0.4 is 0 Å². The second kappa shape index (κ2) is 11.6. The molecule has 8 heteroatoms. The highest BCUT2D eigenvalue weighted by atomic mass is 35.5. The van der Waals surface area contributed by atoms with Crippen LogP contribution in [0.2, 0.25) is 5.02 Å². The number of piperidine rings is 1. The van der Waals surface area contributed by atoms with Crippen LogP contribution in [0.15, 0.2) is 30.3 Å². The number of carbonyl (C=O) groups is 2. The van der Waals surface area contributed by atoms with Crippen LogP contribution in [0.1, 0.15) is 101 Å². The molecule has 0 bridgehead atoms. The quantitative estimate of drug-likeness (QED) is 0.349. The zero-order chi connectivity index (χ0) is 32.5. The van der Waals surface area contributed by atoms with Gasteiger partial charge in [-0.15, -0.1) is 0 Å². The summed E-state index contributed by atoms with van der Waals surface area (Å²) in [5.74, 6) is -1.59. The van der Waals surface area contributed by atoms with Gasteiger partial charge in [0.15, 0.2) is 0 Å². The topological polar surface area (TPSA) is 43.9 Å². The third kappa shape index (κ3) is 5.71. The minimum atomic E-state index is -0.609. The summed E-state index contributed by atoms with van der Waals surface area (Å²) in [6.45, 7) is 16.5. The lowest BCUT2D eigenvalue weighted by molar-refractivity contribution is -0.140. The van der Waals surface area contributed by atoms with Crippen molar-refractivity contribution in [3.63, 3.8) is 0 Å². The van der Waals surface area contributed by atoms with Gasteiger partial charge in [0, 0.05) is 61.8 Å². The van der Waals surface area contributed by atoms with Gasteiger partial charge >= 0.3 is 0 Å². The third-order valence-corrected chi connectivity index (χ3v) is 12.1. The van der Waals surface area contributed by atoms with Crippen LogP contribution in [0.3, 0.4) is 0 Å². The molecule has 3 atom stereocenters. The Hall–Kier alpha value is -2.51. The third-order valence-electron chi connectivity index (χ3n) is 11.7. The van der Waals surface area contributed by atoms with E-state index in [0.717, 1.165) is 61.8 Å². The van der Waals surface area contributed by atoms with Gasteiger partial charge in [-0.1, -0.05) is 37.6 Å². The fourth-order valence-corrected chi connectivity index (χ4v) is 8.93. The average Bonchev–Trinajstić information content (AvgIpc) is 3.73. The molecular weight excluding hydrogens is 592 g/mol. The van der Waals surface area contributed by atoms with Crippen molar-refractivity contribution in [2.24, 2.45) is 11.3 Å². The number of likely N-dealkylation sites (tertiary alicyclic amines) is 3. The van der Waals surface area contributed by atoms with Crippen molar-refractivity contribution in [1.29, 1.82) is 0 Å². The molecule has 2 amide bonds. The maximum Gasteiger partial charge on any atom is 0.228 e. The Morgan fingerprint density at radius 2 is 1.56 bits per heavy atom. The summed E-state index contributed by atoms with van der Waals surface area (Å²) in [6, 6.07) is 8.07. The van der Waals surface area contributed by atoms with Crippen molar-refractivity contribution < 1.29 is 18.4 Å². The molecule has 1 aliphatic carbocycles. The molecule has 5 nitrogen and oxygen atoms in total. The van der Waals surface area contributed by atoms with Gasteiger partial charge in [-0.2, -0.15) is 0 Å². The van der Waals surface area contributed by atoms with E-state index in [1.165, 1.54) is 23.3 Å². The molecule has 6 rings (SSSR count). The summed E-state index contributed by atoms with van der Waals surface area (Å²) in [5.41, 5.74) is 3.01. The van der Waals surface area contributed by atoms with E-state index in [1.807, 2.05) is 16.7 Å². The molecule has 0 radical (unpaired) electrons. The first-order chi connectivity index (χ1) is 21.1. The maximum absolute atomic E-state index is 15.1. The van der Waals surface area contributed by atoms with Gasteiger partial charge in [0.05, 0.1) is 11.3 Å². The number of aryl methyl sites for hydroxylation is 1. The van der Waals surface area contributed by atoms with Crippen LogP contribution >= 0.6 is 11.6 Å². The Morgan fingerprint density at radius 1 is 0.889 bits per heavy atom. The summed E-state index contributed by atoms with van der Waals surface area (Å²) in [5, 5.41) is 0.744.